The molecule has 2 aromatic heterocycles. The maximum atomic E-state index is 13.1. The van der Waals surface area contributed by atoms with Gasteiger partial charge in [0.25, 0.3) is 5.91 Å². The molecule has 7 nitrogen and oxygen atoms in total. The van der Waals surface area contributed by atoms with Gasteiger partial charge in [0.1, 0.15) is 5.69 Å². The quantitative estimate of drug-likeness (QED) is 0.686. The van der Waals surface area contributed by atoms with Crippen LogP contribution in [0.25, 0.3) is 0 Å². The fraction of sp³-hybridized carbons (Fsp3) is 0.654. The van der Waals surface area contributed by atoms with Gasteiger partial charge in [0.2, 0.25) is 5.91 Å². The molecule has 0 aromatic carbocycles. The number of rotatable bonds is 4. The minimum atomic E-state index is -0.536. The van der Waals surface area contributed by atoms with Gasteiger partial charge in [-0.05, 0) is 61.5 Å². The summed E-state index contributed by atoms with van der Waals surface area (Å²) in [5, 5.41) is 15.2. The van der Waals surface area contributed by atoms with Crippen LogP contribution in [0, 0.1) is 23.2 Å². The van der Waals surface area contributed by atoms with Gasteiger partial charge in [0.15, 0.2) is 5.13 Å². The fourth-order valence-electron chi connectivity index (χ4n) is 6.87. The lowest BCUT2D eigenvalue weighted by Gasteiger charge is -2.53. The Balaban J connectivity index is 1.36. The second kappa shape index (κ2) is 8.79. The molecular formula is C26H36N4O3S. The van der Waals surface area contributed by atoms with Gasteiger partial charge >= 0.3 is 0 Å². The lowest BCUT2D eigenvalue weighted by atomic mass is 9.53. The minimum Gasteiger partial charge on any atom is -0.392 e. The van der Waals surface area contributed by atoms with Crippen molar-refractivity contribution in [1.82, 2.24) is 14.5 Å². The summed E-state index contributed by atoms with van der Waals surface area (Å²) >= 11 is 1.56. The number of carbonyl (C=O) groups is 2. The van der Waals surface area contributed by atoms with Crippen LogP contribution in [0.4, 0.5) is 5.13 Å². The van der Waals surface area contributed by atoms with E-state index in [-0.39, 0.29) is 40.9 Å². The van der Waals surface area contributed by atoms with Crippen LogP contribution in [0.5, 0.6) is 0 Å². The molecule has 3 heterocycles. The largest absolute Gasteiger partial charge is 0.392 e. The van der Waals surface area contributed by atoms with E-state index in [1.165, 1.54) is 4.88 Å². The molecular weight excluding hydrogens is 448 g/mol. The maximum Gasteiger partial charge on any atom is 0.274 e. The highest BCUT2D eigenvalue weighted by atomic mass is 32.1. The Morgan fingerprint density at radius 1 is 1.32 bits per heavy atom. The summed E-state index contributed by atoms with van der Waals surface area (Å²) in [6, 6.07) is 3.64. The SMILES string of the molecule is C[C@H](C(=O)N1CCCC1)[C@@H]1CC[C@]2(C)Cc3sc(NC(=O)c4cccn4C)nc3[C@@H](C)[C@@H]2[C@H]1O. The summed E-state index contributed by atoms with van der Waals surface area (Å²) in [7, 11) is 1.85. The van der Waals surface area contributed by atoms with Crippen molar-refractivity contribution in [1.29, 1.82) is 0 Å². The zero-order valence-electron chi connectivity index (χ0n) is 20.6. The molecule has 6 atom stereocenters. The highest BCUT2D eigenvalue weighted by Crippen LogP contribution is 2.57. The monoisotopic (exact) mass is 484 g/mol. The van der Waals surface area contributed by atoms with E-state index < -0.39 is 6.10 Å². The second-order valence-corrected chi connectivity index (χ2v) is 12.0. The number of nitrogens with one attached hydrogen (secondary N) is 1. The van der Waals surface area contributed by atoms with Crippen molar-refractivity contribution in [3.05, 3.63) is 34.6 Å². The van der Waals surface area contributed by atoms with E-state index in [1.54, 1.807) is 22.0 Å². The number of aryl methyl sites for hydroxylation is 1. The first-order valence-electron chi connectivity index (χ1n) is 12.6. The van der Waals surface area contributed by atoms with E-state index in [0.717, 1.165) is 50.9 Å². The lowest BCUT2D eigenvalue weighted by molar-refractivity contribution is -0.143. The number of amides is 2. The van der Waals surface area contributed by atoms with Gasteiger partial charge < -0.3 is 14.6 Å². The molecule has 0 bridgehead atoms. The number of hydrogen-bond donors (Lipinski definition) is 2. The van der Waals surface area contributed by atoms with Crippen molar-refractivity contribution >= 4 is 28.3 Å². The van der Waals surface area contributed by atoms with Crippen LogP contribution < -0.4 is 5.32 Å². The Morgan fingerprint density at radius 3 is 2.74 bits per heavy atom. The molecule has 0 spiro atoms. The molecule has 3 aliphatic rings. The van der Waals surface area contributed by atoms with Gasteiger partial charge in [-0.3, -0.25) is 14.9 Å². The zero-order chi connectivity index (χ0) is 24.2. The molecule has 2 aromatic rings. The van der Waals surface area contributed by atoms with Crippen LogP contribution in [0.3, 0.4) is 0 Å². The summed E-state index contributed by atoms with van der Waals surface area (Å²) in [4.78, 5) is 33.8. The number of carbonyl (C=O) groups excluding carboxylic acids is 2. The van der Waals surface area contributed by atoms with Crippen molar-refractivity contribution in [2.75, 3.05) is 18.4 Å². The van der Waals surface area contributed by atoms with Gasteiger partial charge in [0.05, 0.1) is 11.8 Å². The third-order valence-corrected chi connectivity index (χ3v) is 9.75. The van der Waals surface area contributed by atoms with Crippen molar-refractivity contribution in [2.24, 2.45) is 30.2 Å². The molecule has 8 heteroatoms. The fourth-order valence-corrected chi connectivity index (χ4v) is 8.13. The van der Waals surface area contributed by atoms with Crippen molar-refractivity contribution in [3.63, 3.8) is 0 Å². The van der Waals surface area contributed by atoms with Crippen LogP contribution in [-0.4, -0.2) is 50.6 Å². The third-order valence-electron chi connectivity index (χ3n) is 8.77. The molecule has 184 valence electrons. The Kier molecular flexibility index (Phi) is 6.09. The normalized spacial score (nSPS) is 31.6. The van der Waals surface area contributed by atoms with E-state index in [2.05, 4.69) is 19.2 Å². The van der Waals surface area contributed by atoms with Crippen LogP contribution in [0.15, 0.2) is 18.3 Å². The average molecular weight is 485 g/mol. The Hall–Kier alpha value is -2.19. The first kappa shape index (κ1) is 23.5. The summed E-state index contributed by atoms with van der Waals surface area (Å²) < 4.78 is 1.79. The van der Waals surface area contributed by atoms with E-state index >= 15 is 0 Å². The highest BCUT2D eigenvalue weighted by Gasteiger charge is 2.54. The van der Waals surface area contributed by atoms with Crippen LogP contribution >= 0.6 is 11.3 Å². The molecule has 2 N–H and O–H groups in total. The van der Waals surface area contributed by atoms with E-state index in [9.17, 15) is 14.7 Å². The van der Waals surface area contributed by atoms with Crippen LogP contribution in [0.2, 0.25) is 0 Å². The van der Waals surface area contributed by atoms with Crippen molar-refractivity contribution in [2.45, 2.75) is 64.9 Å². The van der Waals surface area contributed by atoms with Crippen molar-refractivity contribution in [3.8, 4) is 0 Å². The van der Waals surface area contributed by atoms with Gasteiger partial charge in [-0.15, -0.1) is 11.3 Å². The summed E-state index contributed by atoms with van der Waals surface area (Å²) in [5.41, 5.74) is 1.55. The molecule has 2 fully saturated rings. The summed E-state index contributed by atoms with van der Waals surface area (Å²) in [6.07, 6.45) is 6.19. The standard InChI is InChI=1S/C26H36N4O3S/c1-15(24(33)30-12-5-6-13-30)17-9-10-26(3)14-19-21(16(2)20(26)22(17)31)27-25(34-19)28-23(32)18-8-7-11-29(18)4/h7-8,11,15-17,20,22,31H,5-6,9-10,12-14H2,1-4H3,(H,27,28,32)/t15-,16-,17-,20+,22-,26+/m0/s1. The number of hydrogen-bond acceptors (Lipinski definition) is 5. The molecule has 1 aliphatic heterocycles. The number of aromatic nitrogens is 2. The first-order valence-corrected chi connectivity index (χ1v) is 13.4. The Bertz CT molecular complexity index is 1090. The van der Waals surface area contributed by atoms with E-state index in [4.69, 9.17) is 4.98 Å². The van der Waals surface area contributed by atoms with Gasteiger partial charge in [-0.25, -0.2) is 4.98 Å². The molecule has 0 radical (unpaired) electrons. The number of likely N-dealkylation sites (tertiary alicyclic amines) is 1. The number of anilines is 1. The lowest BCUT2D eigenvalue weighted by Crippen LogP contribution is -2.53. The molecule has 2 aliphatic carbocycles. The molecule has 0 unspecified atom stereocenters. The van der Waals surface area contributed by atoms with E-state index in [0.29, 0.717) is 10.8 Å². The van der Waals surface area contributed by atoms with E-state index in [1.807, 2.05) is 31.1 Å². The number of fused-ring (bicyclic) bond motifs is 2. The number of nitrogens with zero attached hydrogens (tertiary/aromatic N) is 3. The number of aliphatic hydroxyl groups excluding tert-OH is 1. The predicted octanol–water partition coefficient (Wildman–Crippen LogP) is 4.05. The average Bonchev–Trinajstić information content (AvgIpc) is 3.53. The molecule has 1 saturated carbocycles. The molecule has 2 amide bonds. The molecule has 34 heavy (non-hydrogen) atoms. The van der Waals surface area contributed by atoms with Gasteiger partial charge in [-0.1, -0.05) is 20.8 Å². The highest BCUT2D eigenvalue weighted by molar-refractivity contribution is 7.15. The van der Waals surface area contributed by atoms with Crippen LogP contribution in [-0.2, 0) is 18.3 Å². The first-order chi connectivity index (χ1) is 16.2. The van der Waals surface area contributed by atoms with Gasteiger partial charge in [-0.2, -0.15) is 0 Å². The predicted molar refractivity (Wildman–Crippen MR) is 133 cm³/mol. The Labute approximate surface area is 205 Å². The minimum absolute atomic E-state index is 0.0228. The smallest absolute Gasteiger partial charge is 0.274 e. The van der Waals surface area contributed by atoms with Crippen molar-refractivity contribution < 1.29 is 14.7 Å². The number of thiazole rings is 1. The summed E-state index contributed by atoms with van der Waals surface area (Å²) in [6.45, 7) is 8.15. The summed E-state index contributed by atoms with van der Waals surface area (Å²) in [5.74, 6) is -0.0336. The third kappa shape index (κ3) is 3.88. The topological polar surface area (TPSA) is 87.5 Å². The van der Waals surface area contributed by atoms with Gasteiger partial charge in [0, 0.05) is 43.0 Å². The Morgan fingerprint density at radius 2 is 2.06 bits per heavy atom. The maximum absolute atomic E-state index is 13.1. The molecule has 1 saturated heterocycles. The zero-order valence-corrected chi connectivity index (χ0v) is 21.4. The number of aliphatic hydroxyl groups is 1. The second-order valence-electron chi connectivity index (χ2n) is 10.9. The molecule has 5 rings (SSSR count). The van der Waals surface area contributed by atoms with Crippen LogP contribution in [0.1, 0.15) is 73.4 Å².